The maximum Gasteiger partial charge on any atom is 0.395 e. The first-order valence-corrected chi connectivity index (χ1v) is 13.1. The fourth-order valence-corrected chi connectivity index (χ4v) is 5.94. The highest BCUT2D eigenvalue weighted by molar-refractivity contribution is 5.87. The van der Waals surface area contributed by atoms with Gasteiger partial charge in [-0.3, -0.25) is 4.79 Å². The molecule has 1 aromatic carbocycles. The number of benzene rings is 1. The Bertz CT molecular complexity index is 1130. The lowest BCUT2D eigenvalue weighted by Crippen LogP contribution is -2.24. The summed E-state index contributed by atoms with van der Waals surface area (Å²) in [6.45, 7) is 4.27. The number of carboxylic acid groups (broad SMARTS) is 1. The predicted octanol–water partition coefficient (Wildman–Crippen LogP) is 8.28. The van der Waals surface area contributed by atoms with E-state index in [0.717, 1.165) is 68.2 Å². The zero-order valence-corrected chi connectivity index (χ0v) is 20.7. The minimum absolute atomic E-state index is 0.0450. The molecule has 3 unspecified atom stereocenters. The molecule has 0 spiro atoms. The molecule has 0 amide bonds. The van der Waals surface area contributed by atoms with Crippen LogP contribution in [-0.2, 0) is 17.6 Å². The number of fused-ring (bicyclic) bond motifs is 3. The highest BCUT2D eigenvalue weighted by Gasteiger charge is 2.39. The lowest BCUT2D eigenvalue weighted by molar-refractivity contribution is -0.160. The Hall–Kier alpha value is -2.50. The first-order valence-electron chi connectivity index (χ1n) is 13.1. The third-order valence-electron chi connectivity index (χ3n) is 7.63. The Balaban J connectivity index is 1.86. The Labute approximate surface area is 205 Å². The normalized spacial score (nSPS) is 21.1. The van der Waals surface area contributed by atoms with E-state index in [4.69, 9.17) is 0 Å². The third-order valence-corrected chi connectivity index (χ3v) is 7.63. The summed E-state index contributed by atoms with van der Waals surface area (Å²) in [4.78, 5) is 11.8. The lowest BCUT2D eigenvalue weighted by Gasteiger charge is -2.31. The van der Waals surface area contributed by atoms with E-state index in [-0.39, 0.29) is 24.8 Å². The lowest BCUT2D eigenvalue weighted by atomic mass is 9.84. The fraction of sp³-hybridized carbons (Fsp3) is 0.552. The van der Waals surface area contributed by atoms with Gasteiger partial charge in [-0.25, -0.2) is 0 Å². The summed E-state index contributed by atoms with van der Waals surface area (Å²) >= 11 is 0. The van der Waals surface area contributed by atoms with E-state index >= 15 is 0 Å². The highest BCUT2D eigenvalue weighted by Crippen LogP contribution is 2.45. The second-order valence-electron chi connectivity index (χ2n) is 10.1. The van der Waals surface area contributed by atoms with E-state index in [0.29, 0.717) is 0 Å². The van der Waals surface area contributed by atoms with Crippen molar-refractivity contribution in [3.63, 3.8) is 0 Å². The van der Waals surface area contributed by atoms with Crippen LogP contribution in [-0.4, -0.2) is 21.8 Å². The molecule has 0 saturated carbocycles. The first-order chi connectivity index (χ1) is 16.7. The van der Waals surface area contributed by atoms with E-state index < -0.39 is 18.1 Å². The molecule has 6 heteroatoms. The van der Waals surface area contributed by atoms with Crippen molar-refractivity contribution in [3.8, 4) is 0 Å². The van der Waals surface area contributed by atoms with Crippen molar-refractivity contribution in [2.75, 3.05) is 0 Å². The molecule has 0 bridgehead atoms. The number of alkyl halides is 3. The van der Waals surface area contributed by atoms with Gasteiger partial charge in [0, 0.05) is 22.5 Å². The number of carbonyl (C=O) groups is 1. The standard InChI is InChI=1S/C29H36F3NO2/c1-3-5-8-19-11-16-26-24(17-19)23-10-6-9-21(18-27(34)35)28(23)33(26)25(7-4-2)20-12-14-22(15-13-20)29(30,31)32/h11-14,16-17,21-22,25H,3-10,15,18H2,1-2H3,(H,34,35). The van der Waals surface area contributed by atoms with Gasteiger partial charge in [0.05, 0.1) is 18.4 Å². The molecule has 2 aliphatic rings. The fourth-order valence-electron chi connectivity index (χ4n) is 5.94. The number of halogens is 3. The minimum Gasteiger partial charge on any atom is -0.481 e. The van der Waals surface area contributed by atoms with E-state index in [1.54, 1.807) is 12.2 Å². The van der Waals surface area contributed by atoms with E-state index in [1.807, 2.05) is 0 Å². The van der Waals surface area contributed by atoms with Crippen LogP contribution in [0.4, 0.5) is 13.2 Å². The van der Waals surface area contributed by atoms with Gasteiger partial charge < -0.3 is 9.67 Å². The number of rotatable bonds is 9. The second-order valence-corrected chi connectivity index (χ2v) is 10.1. The maximum absolute atomic E-state index is 13.3. The van der Waals surface area contributed by atoms with Crippen molar-refractivity contribution in [2.24, 2.45) is 5.92 Å². The van der Waals surface area contributed by atoms with Crippen molar-refractivity contribution in [3.05, 3.63) is 58.8 Å². The monoisotopic (exact) mass is 487 g/mol. The van der Waals surface area contributed by atoms with Crippen LogP contribution < -0.4 is 0 Å². The van der Waals surface area contributed by atoms with E-state index in [1.165, 1.54) is 22.6 Å². The SMILES string of the molecule is CCCCc1ccc2c(c1)c1c(n2C(CCC)C2=CCC(C(F)(F)F)C=C2)C(CC(=O)O)CCC1. The molecule has 2 aliphatic carbocycles. The number of aromatic nitrogens is 1. The van der Waals surface area contributed by atoms with Crippen LogP contribution in [0, 0.1) is 5.92 Å². The Morgan fingerprint density at radius 3 is 2.66 bits per heavy atom. The number of allylic oxidation sites excluding steroid dienone is 4. The van der Waals surface area contributed by atoms with Gasteiger partial charge in [-0.15, -0.1) is 0 Å². The molecule has 1 aromatic heterocycles. The third kappa shape index (κ3) is 5.36. The van der Waals surface area contributed by atoms with Gasteiger partial charge in [-0.1, -0.05) is 51.0 Å². The molecule has 190 valence electrons. The van der Waals surface area contributed by atoms with Gasteiger partial charge in [-0.05, 0) is 73.8 Å². The minimum atomic E-state index is -4.24. The van der Waals surface area contributed by atoms with Gasteiger partial charge in [-0.2, -0.15) is 13.2 Å². The van der Waals surface area contributed by atoms with Crippen LogP contribution in [0.3, 0.4) is 0 Å². The molecular weight excluding hydrogens is 451 g/mol. The summed E-state index contributed by atoms with van der Waals surface area (Å²) in [5, 5.41) is 10.8. The summed E-state index contributed by atoms with van der Waals surface area (Å²) in [6, 6.07) is 6.50. The largest absolute Gasteiger partial charge is 0.481 e. The van der Waals surface area contributed by atoms with Gasteiger partial charge in [0.15, 0.2) is 0 Å². The molecule has 0 saturated heterocycles. The Morgan fingerprint density at radius 1 is 1.23 bits per heavy atom. The van der Waals surface area contributed by atoms with Crippen molar-refractivity contribution in [2.45, 2.75) is 96.2 Å². The summed E-state index contributed by atoms with van der Waals surface area (Å²) in [5.74, 6) is -2.33. The van der Waals surface area contributed by atoms with Crippen LogP contribution >= 0.6 is 0 Å². The molecular formula is C29H36F3NO2. The number of aryl methyl sites for hydroxylation is 2. The quantitative estimate of drug-likeness (QED) is 0.387. The van der Waals surface area contributed by atoms with Gasteiger partial charge in [0.1, 0.15) is 0 Å². The van der Waals surface area contributed by atoms with E-state index in [9.17, 15) is 23.1 Å². The van der Waals surface area contributed by atoms with Gasteiger partial charge >= 0.3 is 12.1 Å². The maximum atomic E-state index is 13.3. The number of aliphatic carboxylic acids is 1. The molecule has 0 fully saturated rings. The average Bonchev–Trinajstić information content (AvgIpc) is 3.15. The first kappa shape index (κ1) is 25.6. The van der Waals surface area contributed by atoms with Crippen molar-refractivity contribution >= 4 is 16.9 Å². The van der Waals surface area contributed by atoms with Crippen LogP contribution in [0.1, 0.15) is 94.0 Å². The number of hydrogen-bond acceptors (Lipinski definition) is 1. The smallest absolute Gasteiger partial charge is 0.395 e. The van der Waals surface area contributed by atoms with Crippen molar-refractivity contribution < 1.29 is 23.1 Å². The molecule has 35 heavy (non-hydrogen) atoms. The van der Waals surface area contributed by atoms with Crippen molar-refractivity contribution in [1.82, 2.24) is 4.57 Å². The topological polar surface area (TPSA) is 42.2 Å². The molecule has 0 aliphatic heterocycles. The average molecular weight is 488 g/mol. The zero-order chi connectivity index (χ0) is 25.2. The Kier molecular flexibility index (Phi) is 7.77. The van der Waals surface area contributed by atoms with Crippen LogP contribution in [0.15, 0.2) is 42.0 Å². The van der Waals surface area contributed by atoms with E-state index in [2.05, 4.69) is 36.6 Å². The molecule has 1 heterocycles. The zero-order valence-electron chi connectivity index (χ0n) is 20.7. The highest BCUT2D eigenvalue weighted by atomic mass is 19.4. The van der Waals surface area contributed by atoms with Crippen LogP contribution in [0.2, 0.25) is 0 Å². The van der Waals surface area contributed by atoms with Crippen LogP contribution in [0.25, 0.3) is 10.9 Å². The summed E-state index contributed by atoms with van der Waals surface area (Å²) < 4.78 is 42.1. The summed E-state index contributed by atoms with van der Waals surface area (Å²) in [7, 11) is 0. The second kappa shape index (κ2) is 10.6. The van der Waals surface area contributed by atoms with Crippen molar-refractivity contribution in [1.29, 1.82) is 0 Å². The summed E-state index contributed by atoms with van der Waals surface area (Å²) in [6.07, 6.45) is 8.12. The van der Waals surface area contributed by atoms with Gasteiger partial charge in [0.25, 0.3) is 0 Å². The number of unbranched alkanes of at least 4 members (excludes halogenated alkanes) is 1. The molecule has 3 atom stereocenters. The molecule has 2 aromatic rings. The number of carboxylic acids is 1. The number of nitrogens with zero attached hydrogens (tertiary/aromatic N) is 1. The molecule has 3 nitrogen and oxygen atoms in total. The van der Waals surface area contributed by atoms with Gasteiger partial charge in [0.2, 0.25) is 0 Å². The Morgan fingerprint density at radius 2 is 2.03 bits per heavy atom. The predicted molar refractivity (Wildman–Crippen MR) is 134 cm³/mol. The number of hydrogen-bond donors (Lipinski definition) is 1. The van der Waals surface area contributed by atoms with Crippen LogP contribution in [0.5, 0.6) is 0 Å². The molecule has 0 radical (unpaired) electrons. The molecule has 1 N–H and O–H groups in total. The molecule has 4 rings (SSSR count). The summed E-state index contributed by atoms with van der Waals surface area (Å²) in [5.41, 5.74) is 5.61.